The molecule has 0 aliphatic carbocycles. The Labute approximate surface area is 158 Å². The molecule has 25 heavy (non-hydrogen) atoms. The van der Waals surface area contributed by atoms with Crippen LogP contribution < -0.4 is 15.8 Å². The molecular formula is C17H16ClN3O2S2. The first kappa shape index (κ1) is 17.8. The third-order valence-corrected chi connectivity index (χ3v) is 5.64. The molecule has 0 atom stereocenters. The molecule has 0 saturated heterocycles. The number of hydrogen-bond acceptors (Lipinski definition) is 6. The number of halogens is 1. The lowest BCUT2D eigenvalue weighted by Crippen LogP contribution is -2.29. The van der Waals surface area contributed by atoms with Gasteiger partial charge in [-0.15, -0.1) is 11.3 Å². The van der Waals surface area contributed by atoms with Crippen LogP contribution in [0.1, 0.15) is 0 Å². The summed E-state index contributed by atoms with van der Waals surface area (Å²) in [6.45, 7) is 0.844. The zero-order valence-corrected chi connectivity index (χ0v) is 15.6. The molecule has 0 spiro atoms. The van der Waals surface area contributed by atoms with Gasteiger partial charge in [-0.3, -0.25) is 4.79 Å². The van der Waals surface area contributed by atoms with E-state index in [0.29, 0.717) is 29.6 Å². The Kier molecular flexibility index (Phi) is 6.01. The average molecular weight is 394 g/mol. The molecule has 3 rings (SSSR count). The Bertz CT molecular complexity index is 868. The number of carbonyl (C=O) groups excluding carboxylic acids is 1. The van der Waals surface area contributed by atoms with E-state index in [-0.39, 0.29) is 5.91 Å². The van der Waals surface area contributed by atoms with Gasteiger partial charge in [0.1, 0.15) is 12.4 Å². The lowest BCUT2D eigenvalue weighted by atomic mass is 10.3. The maximum atomic E-state index is 11.9. The van der Waals surface area contributed by atoms with Gasteiger partial charge < -0.3 is 15.8 Å². The second-order valence-corrected chi connectivity index (χ2v) is 7.84. The van der Waals surface area contributed by atoms with Crippen molar-refractivity contribution in [1.29, 1.82) is 0 Å². The third-order valence-electron chi connectivity index (χ3n) is 3.23. The fraction of sp³-hybridized carbons (Fsp3) is 0.176. The van der Waals surface area contributed by atoms with Crippen LogP contribution in [0, 0.1) is 0 Å². The molecular weight excluding hydrogens is 378 g/mol. The summed E-state index contributed by atoms with van der Waals surface area (Å²) in [6, 6.07) is 12.7. The standard InChI is InChI=1S/C17H16ClN3O2S2/c18-11-1-4-13(5-2-11)23-8-7-20-16(22)10-24-17-21-14-6-3-12(19)9-15(14)25-17/h1-6,9H,7-8,10,19H2,(H,20,22). The van der Waals surface area contributed by atoms with Crippen molar-refractivity contribution in [3.8, 4) is 5.75 Å². The van der Waals surface area contributed by atoms with Crippen molar-refractivity contribution in [2.24, 2.45) is 0 Å². The first-order valence-electron chi connectivity index (χ1n) is 7.54. The van der Waals surface area contributed by atoms with E-state index >= 15 is 0 Å². The van der Waals surface area contributed by atoms with Gasteiger partial charge in [0.05, 0.1) is 22.5 Å². The number of nitrogens with one attached hydrogen (secondary N) is 1. The number of ether oxygens (including phenoxy) is 1. The van der Waals surface area contributed by atoms with Crippen LogP contribution in [0.3, 0.4) is 0 Å². The second kappa shape index (κ2) is 8.42. The SMILES string of the molecule is Nc1ccc2nc(SCC(=O)NCCOc3ccc(Cl)cc3)sc2c1. The van der Waals surface area contributed by atoms with E-state index in [1.165, 1.54) is 23.1 Å². The molecule has 0 radical (unpaired) electrons. The minimum atomic E-state index is -0.0523. The van der Waals surface area contributed by atoms with Gasteiger partial charge in [-0.1, -0.05) is 23.4 Å². The number of aromatic nitrogens is 1. The Morgan fingerprint density at radius 1 is 1.28 bits per heavy atom. The number of amides is 1. The van der Waals surface area contributed by atoms with Crippen molar-refractivity contribution in [3.05, 3.63) is 47.5 Å². The molecule has 8 heteroatoms. The zero-order valence-electron chi connectivity index (χ0n) is 13.2. The molecule has 2 aromatic carbocycles. The summed E-state index contributed by atoms with van der Waals surface area (Å²) in [4.78, 5) is 16.4. The van der Waals surface area contributed by atoms with E-state index in [1.54, 1.807) is 24.3 Å². The fourth-order valence-corrected chi connectivity index (χ4v) is 4.12. The van der Waals surface area contributed by atoms with Crippen molar-refractivity contribution in [1.82, 2.24) is 10.3 Å². The molecule has 130 valence electrons. The summed E-state index contributed by atoms with van der Waals surface area (Å²) < 4.78 is 7.40. The number of anilines is 1. The van der Waals surface area contributed by atoms with E-state index in [9.17, 15) is 4.79 Å². The monoisotopic (exact) mass is 393 g/mol. The van der Waals surface area contributed by atoms with Crippen molar-refractivity contribution < 1.29 is 9.53 Å². The largest absolute Gasteiger partial charge is 0.492 e. The Morgan fingerprint density at radius 2 is 2.08 bits per heavy atom. The highest BCUT2D eigenvalue weighted by Crippen LogP contribution is 2.30. The van der Waals surface area contributed by atoms with Crippen molar-refractivity contribution in [2.75, 3.05) is 24.6 Å². The molecule has 3 aromatic rings. The van der Waals surface area contributed by atoms with Crippen LogP contribution in [0.5, 0.6) is 5.75 Å². The molecule has 0 fully saturated rings. The Morgan fingerprint density at radius 3 is 2.88 bits per heavy atom. The van der Waals surface area contributed by atoms with E-state index in [2.05, 4.69) is 10.3 Å². The van der Waals surface area contributed by atoms with Gasteiger partial charge in [-0.05, 0) is 42.5 Å². The van der Waals surface area contributed by atoms with Crippen LogP contribution in [0.2, 0.25) is 5.02 Å². The Balaban J connectivity index is 1.39. The smallest absolute Gasteiger partial charge is 0.230 e. The first-order valence-corrected chi connectivity index (χ1v) is 9.72. The molecule has 0 bridgehead atoms. The van der Waals surface area contributed by atoms with Crippen LogP contribution >= 0.6 is 34.7 Å². The average Bonchev–Trinajstić information content (AvgIpc) is 3.00. The quantitative estimate of drug-likeness (QED) is 0.362. The topological polar surface area (TPSA) is 77.2 Å². The van der Waals surface area contributed by atoms with Crippen LogP contribution in [0.15, 0.2) is 46.8 Å². The molecule has 0 unspecified atom stereocenters. The number of thiazole rings is 1. The first-order chi connectivity index (χ1) is 12.1. The lowest BCUT2D eigenvalue weighted by Gasteiger charge is -2.07. The van der Waals surface area contributed by atoms with E-state index < -0.39 is 0 Å². The number of nitrogens with zero attached hydrogens (tertiary/aromatic N) is 1. The normalized spacial score (nSPS) is 10.8. The van der Waals surface area contributed by atoms with E-state index in [0.717, 1.165) is 20.3 Å². The molecule has 1 heterocycles. The number of benzene rings is 2. The molecule has 0 saturated carbocycles. The number of nitrogens with two attached hydrogens (primary N) is 1. The number of fused-ring (bicyclic) bond motifs is 1. The van der Waals surface area contributed by atoms with Crippen LogP contribution in [0.4, 0.5) is 5.69 Å². The van der Waals surface area contributed by atoms with Gasteiger partial charge in [0.15, 0.2) is 4.34 Å². The van der Waals surface area contributed by atoms with Crippen molar-refractivity contribution >= 4 is 56.5 Å². The van der Waals surface area contributed by atoms with Gasteiger partial charge in [0.2, 0.25) is 5.91 Å². The highest BCUT2D eigenvalue weighted by Gasteiger charge is 2.08. The van der Waals surface area contributed by atoms with Crippen LogP contribution in [-0.4, -0.2) is 29.8 Å². The maximum Gasteiger partial charge on any atom is 0.230 e. The second-order valence-electron chi connectivity index (χ2n) is 5.15. The molecule has 3 N–H and O–H groups in total. The summed E-state index contributed by atoms with van der Waals surface area (Å²) in [6.07, 6.45) is 0. The summed E-state index contributed by atoms with van der Waals surface area (Å²) in [5, 5.41) is 3.49. The lowest BCUT2D eigenvalue weighted by molar-refractivity contribution is -0.118. The predicted octanol–water partition coefficient (Wildman–Crippen LogP) is 3.82. The van der Waals surface area contributed by atoms with Gasteiger partial charge in [-0.2, -0.15) is 0 Å². The van der Waals surface area contributed by atoms with Gasteiger partial charge in [0.25, 0.3) is 0 Å². The van der Waals surface area contributed by atoms with Crippen molar-refractivity contribution in [3.63, 3.8) is 0 Å². The summed E-state index contributed by atoms with van der Waals surface area (Å²) >= 11 is 8.76. The molecule has 5 nitrogen and oxygen atoms in total. The number of hydrogen-bond donors (Lipinski definition) is 2. The molecule has 0 aliphatic rings. The summed E-state index contributed by atoms with van der Waals surface area (Å²) in [7, 11) is 0. The maximum absolute atomic E-state index is 11.9. The van der Waals surface area contributed by atoms with E-state index in [4.69, 9.17) is 22.1 Å². The highest BCUT2D eigenvalue weighted by molar-refractivity contribution is 8.01. The van der Waals surface area contributed by atoms with Crippen LogP contribution in [-0.2, 0) is 4.79 Å². The number of rotatable bonds is 7. The number of carbonyl (C=O) groups is 1. The molecule has 1 amide bonds. The van der Waals surface area contributed by atoms with Gasteiger partial charge in [-0.25, -0.2) is 4.98 Å². The minimum Gasteiger partial charge on any atom is -0.492 e. The van der Waals surface area contributed by atoms with Crippen LogP contribution in [0.25, 0.3) is 10.2 Å². The molecule has 1 aromatic heterocycles. The predicted molar refractivity (Wildman–Crippen MR) is 105 cm³/mol. The van der Waals surface area contributed by atoms with Crippen molar-refractivity contribution in [2.45, 2.75) is 4.34 Å². The summed E-state index contributed by atoms with van der Waals surface area (Å²) in [5.74, 6) is 0.987. The van der Waals surface area contributed by atoms with E-state index in [1.807, 2.05) is 18.2 Å². The highest BCUT2D eigenvalue weighted by atomic mass is 35.5. The third kappa shape index (κ3) is 5.26. The summed E-state index contributed by atoms with van der Waals surface area (Å²) in [5.41, 5.74) is 7.38. The Hall–Kier alpha value is -1.96. The fourth-order valence-electron chi connectivity index (χ4n) is 2.05. The number of thioether (sulfide) groups is 1. The zero-order chi connectivity index (χ0) is 17.6. The molecule has 0 aliphatic heterocycles. The number of nitrogen functional groups attached to an aromatic ring is 1. The van der Waals surface area contributed by atoms with Gasteiger partial charge >= 0.3 is 0 Å². The van der Waals surface area contributed by atoms with Gasteiger partial charge in [0, 0.05) is 10.7 Å². The minimum absolute atomic E-state index is 0.0523.